The molecule has 0 aliphatic carbocycles. The van der Waals surface area contributed by atoms with Crippen LogP contribution in [0.3, 0.4) is 0 Å². The summed E-state index contributed by atoms with van der Waals surface area (Å²) in [6.45, 7) is 3.72. The van der Waals surface area contributed by atoms with Crippen LogP contribution in [0.1, 0.15) is 6.42 Å². The number of nitrogens with two attached hydrogens (primary N) is 1. The molecule has 0 bridgehead atoms. The van der Waals surface area contributed by atoms with E-state index in [0.29, 0.717) is 0 Å². The van der Waals surface area contributed by atoms with Gasteiger partial charge >= 0.3 is 0 Å². The van der Waals surface area contributed by atoms with E-state index in [-0.39, 0.29) is 4.90 Å². The Morgan fingerprint density at radius 2 is 2.12 bits per heavy atom. The van der Waals surface area contributed by atoms with E-state index in [1.165, 1.54) is 12.3 Å². The zero-order valence-corrected chi connectivity index (χ0v) is 10.3. The highest BCUT2D eigenvalue weighted by Crippen LogP contribution is 2.14. The molecule has 1 fully saturated rings. The Bertz CT molecular complexity index is 464. The molecule has 3 N–H and O–H groups in total. The van der Waals surface area contributed by atoms with Gasteiger partial charge in [-0.15, -0.1) is 0 Å². The molecule has 0 saturated carbocycles. The minimum Gasteiger partial charge on any atom is -0.355 e. The fourth-order valence-corrected chi connectivity index (χ4v) is 2.26. The number of pyridine rings is 1. The smallest absolute Gasteiger partial charge is 0.239 e. The highest BCUT2D eigenvalue weighted by atomic mass is 32.2. The molecule has 0 unspecified atom stereocenters. The summed E-state index contributed by atoms with van der Waals surface area (Å²) in [5.41, 5.74) is 0. The standard InChI is InChI=1S/C10H16N4O2S/c11-17(15,16)9-2-3-10(13-8-9)14-6-1-4-12-5-7-14/h2-3,8,12H,1,4-7H2,(H2,11,15,16). The Kier molecular flexibility index (Phi) is 3.60. The second-order valence-electron chi connectivity index (χ2n) is 3.99. The Morgan fingerprint density at radius 1 is 1.29 bits per heavy atom. The Hall–Kier alpha value is -1.18. The number of aromatic nitrogens is 1. The van der Waals surface area contributed by atoms with Crippen LogP contribution in [0.15, 0.2) is 23.2 Å². The average Bonchev–Trinajstić information content (AvgIpc) is 2.56. The van der Waals surface area contributed by atoms with Gasteiger partial charge in [0, 0.05) is 25.8 Å². The van der Waals surface area contributed by atoms with Crippen molar-refractivity contribution in [3.63, 3.8) is 0 Å². The van der Waals surface area contributed by atoms with Crippen LogP contribution < -0.4 is 15.4 Å². The molecule has 0 radical (unpaired) electrons. The molecule has 1 aromatic rings. The lowest BCUT2D eigenvalue weighted by Crippen LogP contribution is -2.28. The van der Waals surface area contributed by atoms with Crippen LogP contribution in [-0.2, 0) is 10.0 Å². The minimum atomic E-state index is -3.65. The van der Waals surface area contributed by atoms with E-state index < -0.39 is 10.0 Å². The first-order valence-electron chi connectivity index (χ1n) is 5.52. The molecule has 0 spiro atoms. The lowest BCUT2D eigenvalue weighted by atomic mass is 10.3. The van der Waals surface area contributed by atoms with Crippen molar-refractivity contribution in [2.45, 2.75) is 11.3 Å². The van der Waals surface area contributed by atoms with Gasteiger partial charge in [0.15, 0.2) is 0 Å². The maximum atomic E-state index is 11.1. The summed E-state index contributed by atoms with van der Waals surface area (Å²) < 4.78 is 22.2. The van der Waals surface area contributed by atoms with Crippen molar-refractivity contribution in [3.05, 3.63) is 18.3 Å². The quantitative estimate of drug-likeness (QED) is 0.746. The number of sulfonamides is 1. The van der Waals surface area contributed by atoms with E-state index in [9.17, 15) is 8.42 Å². The van der Waals surface area contributed by atoms with Crippen LogP contribution in [0, 0.1) is 0 Å². The molecule has 7 heteroatoms. The number of nitrogens with zero attached hydrogens (tertiary/aromatic N) is 2. The molecule has 2 heterocycles. The molecular weight excluding hydrogens is 240 g/mol. The van der Waals surface area contributed by atoms with Gasteiger partial charge in [-0.05, 0) is 25.1 Å². The van der Waals surface area contributed by atoms with Crippen molar-refractivity contribution < 1.29 is 8.42 Å². The first-order valence-corrected chi connectivity index (χ1v) is 7.06. The van der Waals surface area contributed by atoms with E-state index in [1.807, 2.05) is 0 Å². The summed E-state index contributed by atoms with van der Waals surface area (Å²) in [7, 11) is -3.65. The van der Waals surface area contributed by atoms with Gasteiger partial charge in [0.2, 0.25) is 10.0 Å². The van der Waals surface area contributed by atoms with Gasteiger partial charge in [-0.1, -0.05) is 0 Å². The number of hydrogen-bond acceptors (Lipinski definition) is 5. The maximum Gasteiger partial charge on any atom is 0.239 e. The topological polar surface area (TPSA) is 88.3 Å². The van der Waals surface area contributed by atoms with Crippen LogP contribution in [0.2, 0.25) is 0 Å². The van der Waals surface area contributed by atoms with Gasteiger partial charge < -0.3 is 10.2 Å². The van der Waals surface area contributed by atoms with Gasteiger partial charge in [0.25, 0.3) is 0 Å². The molecule has 1 aliphatic rings. The van der Waals surface area contributed by atoms with Gasteiger partial charge in [0.05, 0.1) is 0 Å². The normalized spacial score (nSPS) is 17.8. The maximum absolute atomic E-state index is 11.1. The fraction of sp³-hybridized carbons (Fsp3) is 0.500. The van der Waals surface area contributed by atoms with Gasteiger partial charge in [-0.2, -0.15) is 0 Å². The summed E-state index contributed by atoms with van der Waals surface area (Å²) in [5.74, 6) is 0.793. The third-order valence-electron chi connectivity index (χ3n) is 2.71. The van der Waals surface area contributed by atoms with Gasteiger partial charge in [-0.25, -0.2) is 18.5 Å². The van der Waals surface area contributed by atoms with Crippen molar-refractivity contribution in [1.29, 1.82) is 0 Å². The van der Waals surface area contributed by atoms with E-state index >= 15 is 0 Å². The Morgan fingerprint density at radius 3 is 2.76 bits per heavy atom. The number of nitrogens with one attached hydrogen (secondary N) is 1. The van der Waals surface area contributed by atoms with Crippen molar-refractivity contribution in [1.82, 2.24) is 10.3 Å². The first-order chi connectivity index (χ1) is 8.07. The average molecular weight is 256 g/mol. The van der Waals surface area contributed by atoms with Crippen LogP contribution in [-0.4, -0.2) is 39.6 Å². The second-order valence-corrected chi connectivity index (χ2v) is 5.55. The van der Waals surface area contributed by atoms with E-state index in [4.69, 9.17) is 5.14 Å². The lowest BCUT2D eigenvalue weighted by molar-refractivity contribution is 0.597. The van der Waals surface area contributed by atoms with Crippen molar-refractivity contribution in [3.8, 4) is 0 Å². The summed E-state index contributed by atoms with van der Waals surface area (Å²) in [5, 5.41) is 8.32. The molecular formula is C10H16N4O2S. The van der Waals surface area contributed by atoms with Crippen molar-refractivity contribution in [2.75, 3.05) is 31.1 Å². The van der Waals surface area contributed by atoms with E-state index in [1.54, 1.807) is 6.07 Å². The van der Waals surface area contributed by atoms with Crippen LogP contribution >= 0.6 is 0 Å². The van der Waals surface area contributed by atoms with E-state index in [2.05, 4.69) is 15.2 Å². The highest BCUT2D eigenvalue weighted by Gasteiger charge is 2.12. The molecule has 0 amide bonds. The monoisotopic (exact) mass is 256 g/mol. The summed E-state index contributed by atoms with van der Waals surface area (Å²) in [6, 6.07) is 3.20. The lowest BCUT2D eigenvalue weighted by Gasteiger charge is -2.20. The minimum absolute atomic E-state index is 0.0502. The number of hydrogen-bond donors (Lipinski definition) is 2. The first kappa shape index (κ1) is 12.3. The molecule has 6 nitrogen and oxygen atoms in total. The van der Waals surface area contributed by atoms with Crippen molar-refractivity contribution >= 4 is 15.8 Å². The second kappa shape index (κ2) is 4.99. The summed E-state index contributed by atoms with van der Waals surface area (Å²) in [4.78, 5) is 6.33. The molecule has 94 valence electrons. The zero-order valence-electron chi connectivity index (χ0n) is 9.46. The number of rotatable bonds is 2. The SMILES string of the molecule is NS(=O)(=O)c1ccc(N2CCCNCC2)nc1. The fourth-order valence-electron chi connectivity index (χ4n) is 1.80. The number of primary sulfonamides is 1. The molecule has 1 aromatic heterocycles. The van der Waals surface area contributed by atoms with Gasteiger partial charge in [0.1, 0.15) is 10.7 Å². The predicted molar refractivity (Wildman–Crippen MR) is 65.3 cm³/mol. The van der Waals surface area contributed by atoms with Gasteiger partial charge in [-0.3, -0.25) is 0 Å². The largest absolute Gasteiger partial charge is 0.355 e. The third kappa shape index (κ3) is 3.15. The van der Waals surface area contributed by atoms with E-state index in [0.717, 1.165) is 38.4 Å². The number of anilines is 1. The predicted octanol–water partition coefficient (Wildman–Crippen LogP) is -0.471. The molecule has 2 rings (SSSR count). The molecule has 1 saturated heterocycles. The third-order valence-corrected chi connectivity index (χ3v) is 3.61. The highest BCUT2D eigenvalue weighted by molar-refractivity contribution is 7.89. The van der Waals surface area contributed by atoms with Crippen LogP contribution in [0.25, 0.3) is 0 Å². The summed E-state index contributed by atoms with van der Waals surface area (Å²) >= 11 is 0. The molecule has 0 aromatic carbocycles. The molecule has 0 atom stereocenters. The Balaban J connectivity index is 2.17. The van der Waals surface area contributed by atoms with Crippen LogP contribution in [0.5, 0.6) is 0 Å². The Labute approximate surface area is 101 Å². The van der Waals surface area contributed by atoms with Crippen molar-refractivity contribution in [2.24, 2.45) is 5.14 Å². The molecule has 17 heavy (non-hydrogen) atoms. The van der Waals surface area contributed by atoms with Crippen LogP contribution in [0.4, 0.5) is 5.82 Å². The summed E-state index contributed by atoms with van der Waals surface area (Å²) in [6.07, 6.45) is 2.36. The zero-order chi connectivity index (χ0) is 12.3. The molecule has 1 aliphatic heterocycles.